The molecule has 5 rings (SSSR count). The van der Waals surface area contributed by atoms with Gasteiger partial charge in [-0.25, -0.2) is 9.97 Å². The number of aromatic amines is 1. The molecule has 5 aromatic rings. The highest BCUT2D eigenvalue weighted by Gasteiger charge is 2.17. The van der Waals surface area contributed by atoms with E-state index in [2.05, 4.69) is 20.6 Å². The summed E-state index contributed by atoms with van der Waals surface area (Å²) in [6.45, 7) is 0. The van der Waals surface area contributed by atoms with Crippen molar-refractivity contribution in [2.24, 2.45) is 0 Å². The number of H-pyrrole nitrogens is 1. The van der Waals surface area contributed by atoms with Gasteiger partial charge in [-0.15, -0.1) is 0 Å². The molecular weight excluding hydrogens is 406 g/mol. The molecule has 0 aliphatic rings. The minimum atomic E-state index is -0.0433. The van der Waals surface area contributed by atoms with E-state index in [0.717, 1.165) is 32.9 Å². The summed E-state index contributed by atoms with van der Waals surface area (Å²) in [6, 6.07) is 27.5. The van der Waals surface area contributed by atoms with Crippen LogP contribution in [0.2, 0.25) is 0 Å². The quantitative estimate of drug-likeness (QED) is 0.222. The van der Waals surface area contributed by atoms with Gasteiger partial charge in [-0.1, -0.05) is 54.2 Å². The Labute approximate surface area is 182 Å². The van der Waals surface area contributed by atoms with Crippen molar-refractivity contribution in [2.45, 2.75) is 5.16 Å². The van der Waals surface area contributed by atoms with Crippen LogP contribution in [0.1, 0.15) is 5.82 Å². The van der Waals surface area contributed by atoms with Gasteiger partial charge in [0.1, 0.15) is 17.4 Å². The number of benzene rings is 3. The molecule has 150 valence electrons. The second-order valence-electron chi connectivity index (χ2n) is 6.88. The summed E-state index contributed by atoms with van der Waals surface area (Å²) in [7, 11) is 0. The fourth-order valence-corrected chi connectivity index (χ4v) is 4.36. The fourth-order valence-electron chi connectivity index (χ4n) is 3.46. The summed E-state index contributed by atoms with van der Waals surface area (Å²) >= 11 is 1.37. The SMILES string of the molecule is N#CC(=C(O)CSc1nc2ccccc2n1-c1ccccc1)c1nc2ccccc2[nH]1. The van der Waals surface area contributed by atoms with Crippen LogP contribution >= 0.6 is 11.8 Å². The summed E-state index contributed by atoms with van der Waals surface area (Å²) in [5.41, 5.74) is 4.53. The van der Waals surface area contributed by atoms with E-state index < -0.39 is 0 Å². The third-order valence-electron chi connectivity index (χ3n) is 4.91. The topological polar surface area (TPSA) is 90.5 Å². The molecule has 0 radical (unpaired) electrons. The lowest BCUT2D eigenvalue weighted by atomic mass is 10.2. The molecule has 2 N–H and O–H groups in total. The van der Waals surface area contributed by atoms with Gasteiger partial charge in [0.2, 0.25) is 0 Å². The summed E-state index contributed by atoms with van der Waals surface area (Å²) in [5.74, 6) is 0.507. The Balaban J connectivity index is 1.51. The average Bonchev–Trinajstić information content (AvgIpc) is 3.40. The second kappa shape index (κ2) is 8.01. The standard InChI is InChI=1S/C24H17N5OS/c25-14-17(23-26-18-10-4-5-11-19(18)27-23)22(30)15-31-24-28-20-12-6-7-13-21(20)29(24)16-8-2-1-3-9-16/h1-13,30H,15H2,(H,26,27). The van der Waals surface area contributed by atoms with Gasteiger partial charge < -0.3 is 10.1 Å². The van der Waals surface area contributed by atoms with Crippen LogP contribution in [-0.4, -0.2) is 30.4 Å². The molecule has 0 fully saturated rings. The molecular formula is C24H17N5OS. The molecule has 0 bridgehead atoms. The molecule has 0 unspecified atom stereocenters. The van der Waals surface area contributed by atoms with Crippen molar-refractivity contribution in [3.05, 3.63) is 90.4 Å². The Morgan fingerprint density at radius 3 is 2.42 bits per heavy atom. The number of imidazole rings is 2. The zero-order valence-corrected chi connectivity index (χ0v) is 17.2. The average molecular weight is 424 g/mol. The zero-order valence-electron chi connectivity index (χ0n) is 16.4. The number of rotatable bonds is 5. The van der Waals surface area contributed by atoms with E-state index in [4.69, 9.17) is 4.98 Å². The van der Waals surface area contributed by atoms with Crippen molar-refractivity contribution >= 4 is 39.4 Å². The maximum Gasteiger partial charge on any atom is 0.174 e. The molecule has 2 aromatic heterocycles. The van der Waals surface area contributed by atoms with E-state index in [1.165, 1.54) is 11.8 Å². The van der Waals surface area contributed by atoms with E-state index >= 15 is 0 Å². The Morgan fingerprint density at radius 1 is 0.935 bits per heavy atom. The molecule has 0 aliphatic carbocycles. The minimum Gasteiger partial charge on any atom is -0.510 e. The molecule has 7 heteroatoms. The van der Waals surface area contributed by atoms with Gasteiger partial charge in [0.15, 0.2) is 11.0 Å². The molecule has 31 heavy (non-hydrogen) atoms. The molecule has 6 nitrogen and oxygen atoms in total. The number of thioether (sulfide) groups is 1. The normalized spacial score (nSPS) is 12.1. The number of hydrogen-bond donors (Lipinski definition) is 2. The molecule has 0 atom stereocenters. The molecule has 0 aliphatic heterocycles. The van der Waals surface area contributed by atoms with Gasteiger partial charge in [0, 0.05) is 5.69 Å². The van der Waals surface area contributed by atoms with Crippen molar-refractivity contribution < 1.29 is 5.11 Å². The van der Waals surface area contributed by atoms with Crippen molar-refractivity contribution in [3.63, 3.8) is 0 Å². The van der Waals surface area contributed by atoms with Crippen LogP contribution in [0.15, 0.2) is 89.8 Å². The summed E-state index contributed by atoms with van der Waals surface area (Å²) in [6.07, 6.45) is 0. The Bertz CT molecular complexity index is 1430. The smallest absolute Gasteiger partial charge is 0.174 e. The van der Waals surface area contributed by atoms with E-state index in [1.54, 1.807) is 0 Å². The summed E-state index contributed by atoms with van der Waals surface area (Å²) < 4.78 is 2.06. The van der Waals surface area contributed by atoms with Gasteiger partial charge in [-0.3, -0.25) is 4.57 Å². The molecule has 0 amide bonds. The first kappa shape index (κ1) is 19.0. The van der Waals surface area contributed by atoms with Crippen molar-refractivity contribution in [3.8, 4) is 11.8 Å². The summed E-state index contributed by atoms with van der Waals surface area (Å²) in [4.78, 5) is 12.3. The number of nitrogens with zero attached hydrogens (tertiary/aromatic N) is 4. The highest BCUT2D eigenvalue weighted by Crippen LogP contribution is 2.30. The van der Waals surface area contributed by atoms with E-state index in [9.17, 15) is 10.4 Å². The third-order valence-corrected chi connectivity index (χ3v) is 5.86. The first-order valence-corrected chi connectivity index (χ1v) is 10.7. The van der Waals surface area contributed by atoms with Crippen LogP contribution in [0.25, 0.3) is 33.3 Å². The molecule has 0 spiro atoms. The van der Waals surface area contributed by atoms with Crippen LogP contribution < -0.4 is 0 Å². The van der Waals surface area contributed by atoms with E-state index in [-0.39, 0.29) is 17.1 Å². The van der Waals surface area contributed by atoms with Crippen molar-refractivity contribution in [1.82, 2.24) is 19.5 Å². The van der Waals surface area contributed by atoms with Crippen LogP contribution in [-0.2, 0) is 0 Å². The van der Waals surface area contributed by atoms with E-state index in [1.807, 2.05) is 78.9 Å². The Morgan fingerprint density at radius 2 is 1.65 bits per heavy atom. The Kier molecular flexibility index (Phi) is 4.90. The van der Waals surface area contributed by atoms with Gasteiger partial charge >= 0.3 is 0 Å². The van der Waals surface area contributed by atoms with Crippen LogP contribution in [0, 0.1) is 11.3 Å². The predicted molar refractivity (Wildman–Crippen MR) is 123 cm³/mol. The monoisotopic (exact) mass is 423 g/mol. The van der Waals surface area contributed by atoms with Crippen LogP contribution in [0.4, 0.5) is 0 Å². The van der Waals surface area contributed by atoms with Gasteiger partial charge in [0.25, 0.3) is 0 Å². The number of aliphatic hydroxyl groups excluding tert-OH is 1. The van der Waals surface area contributed by atoms with Crippen molar-refractivity contribution in [1.29, 1.82) is 5.26 Å². The lowest BCUT2D eigenvalue weighted by Crippen LogP contribution is -1.99. The van der Waals surface area contributed by atoms with Gasteiger partial charge in [-0.2, -0.15) is 5.26 Å². The van der Waals surface area contributed by atoms with Crippen LogP contribution in [0.5, 0.6) is 0 Å². The molecule has 2 heterocycles. The molecule has 0 saturated carbocycles. The number of nitriles is 1. The minimum absolute atomic E-state index is 0.0433. The first-order valence-electron chi connectivity index (χ1n) is 9.67. The van der Waals surface area contributed by atoms with Crippen LogP contribution in [0.3, 0.4) is 0 Å². The maximum atomic E-state index is 10.7. The largest absolute Gasteiger partial charge is 0.510 e. The number of nitrogens with one attached hydrogen (secondary N) is 1. The number of hydrogen-bond acceptors (Lipinski definition) is 5. The summed E-state index contributed by atoms with van der Waals surface area (Å²) in [5, 5.41) is 21.1. The van der Waals surface area contributed by atoms with Gasteiger partial charge in [-0.05, 0) is 36.4 Å². The number of aromatic nitrogens is 4. The lowest BCUT2D eigenvalue weighted by Gasteiger charge is -2.09. The van der Waals surface area contributed by atoms with E-state index in [0.29, 0.717) is 5.82 Å². The molecule has 0 saturated heterocycles. The maximum absolute atomic E-state index is 10.7. The van der Waals surface area contributed by atoms with Crippen molar-refractivity contribution in [2.75, 3.05) is 5.75 Å². The highest BCUT2D eigenvalue weighted by molar-refractivity contribution is 7.99. The first-order chi connectivity index (χ1) is 15.2. The Hall–Kier alpha value is -4.02. The number of aliphatic hydroxyl groups is 1. The number of fused-ring (bicyclic) bond motifs is 2. The zero-order chi connectivity index (χ0) is 21.2. The fraction of sp³-hybridized carbons (Fsp3) is 0.0417. The number of para-hydroxylation sites is 5. The highest BCUT2D eigenvalue weighted by atomic mass is 32.2. The number of allylic oxidation sites excluding steroid dienone is 1. The van der Waals surface area contributed by atoms with Gasteiger partial charge in [0.05, 0.1) is 27.8 Å². The second-order valence-corrected chi connectivity index (χ2v) is 7.82. The molecule has 3 aromatic carbocycles. The third kappa shape index (κ3) is 3.54. The lowest BCUT2D eigenvalue weighted by molar-refractivity contribution is 0.420. The predicted octanol–water partition coefficient (Wildman–Crippen LogP) is 5.49.